The summed E-state index contributed by atoms with van der Waals surface area (Å²) in [7, 11) is 0. The largest absolute Gasteiger partial charge is 0.506 e. The Morgan fingerprint density at radius 3 is 2.77 bits per heavy atom. The Balaban J connectivity index is 1.58. The fourth-order valence-corrected chi connectivity index (χ4v) is 4.22. The summed E-state index contributed by atoms with van der Waals surface area (Å²) < 4.78 is 3.09. The number of hydrazone groups is 1. The van der Waals surface area contributed by atoms with Gasteiger partial charge >= 0.3 is 0 Å². The molecule has 1 amide bonds. The molecule has 0 atom stereocenters. The van der Waals surface area contributed by atoms with Crippen molar-refractivity contribution in [2.45, 2.75) is 6.54 Å². The maximum Gasteiger partial charge on any atom is 0.260 e. The van der Waals surface area contributed by atoms with Crippen molar-refractivity contribution < 1.29 is 9.90 Å². The van der Waals surface area contributed by atoms with Crippen LogP contribution in [0.25, 0.3) is 22.6 Å². The average Bonchev–Trinajstić information content (AvgIpc) is 3.10. The quantitative estimate of drug-likeness (QED) is 0.295. The molecule has 150 valence electrons. The van der Waals surface area contributed by atoms with Crippen molar-refractivity contribution in [2.24, 2.45) is 5.10 Å². The van der Waals surface area contributed by atoms with Crippen LogP contribution in [-0.4, -0.2) is 31.8 Å². The van der Waals surface area contributed by atoms with E-state index in [9.17, 15) is 9.90 Å². The summed E-state index contributed by atoms with van der Waals surface area (Å²) in [5.74, 6) is 0.305. The standard InChI is InChI=1S/C21H15Br2N5O2/c22-14-9-13(20(30)15(23)10-14)11-25-27-19(29)12-28-18-7-2-1-5-16(18)26-21(28)17-6-3-4-8-24-17/h1-11,30H,12H2,(H,27,29). The summed E-state index contributed by atoms with van der Waals surface area (Å²) in [5, 5.41) is 14.1. The zero-order chi connectivity index (χ0) is 21.1. The number of carbonyl (C=O) groups excluding carboxylic acids is 1. The predicted molar refractivity (Wildman–Crippen MR) is 122 cm³/mol. The van der Waals surface area contributed by atoms with Crippen molar-refractivity contribution in [1.82, 2.24) is 20.0 Å². The number of imidazole rings is 1. The first kappa shape index (κ1) is 20.2. The molecule has 2 aromatic heterocycles. The Hall–Kier alpha value is -3.04. The number of carbonyl (C=O) groups is 1. The fraction of sp³-hybridized carbons (Fsp3) is 0.0476. The minimum Gasteiger partial charge on any atom is -0.506 e. The first-order valence-electron chi connectivity index (χ1n) is 8.89. The summed E-state index contributed by atoms with van der Waals surface area (Å²) in [5.41, 5.74) is 5.23. The van der Waals surface area contributed by atoms with Gasteiger partial charge in [0.25, 0.3) is 5.91 Å². The van der Waals surface area contributed by atoms with E-state index in [-0.39, 0.29) is 18.2 Å². The van der Waals surface area contributed by atoms with E-state index in [0.717, 1.165) is 15.5 Å². The maximum absolute atomic E-state index is 12.6. The van der Waals surface area contributed by atoms with Crippen molar-refractivity contribution in [2.75, 3.05) is 0 Å². The number of nitrogens with one attached hydrogen (secondary N) is 1. The van der Waals surface area contributed by atoms with Crippen LogP contribution in [0.5, 0.6) is 5.75 Å². The van der Waals surface area contributed by atoms with E-state index in [4.69, 9.17) is 0 Å². The second-order valence-corrected chi connectivity index (χ2v) is 8.11. The lowest BCUT2D eigenvalue weighted by Gasteiger charge is -2.08. The predicted octanol–water partition coefficient (Wildman–Crippen LogP) is 4.48. The number of fused-ring (bicyclic) bond motifs is 1. The molecule has 2 heterocycles. The average molecular weight is 529 g/mol. The lowest BCUT2D eigenvalue weighted by Crippen LogP contribution is -2.23. The molecule has 0 unspecified atom stereocenters. The molecule has 2 aromatic carbocycles. The number of aromatic hydroxyl groups is 1. The molecule has 4 rings (SSSR count). The summed E-state index contributed by atoms with van der Waals surface area (Å²) in [4.78, 5) is 21.6. The van der Waals surface area contributed by atoms with Gasteiger partial charge in [-0.2, -0.15) is 5.10 Å². The lowest BCUT2D eigenvalue weighted by molar-refractivity contribution is -0.121. The van der Waals surface area contributed by atoms with Crippen molar-refractivity contribution in [1.29, 1.82) is 0 Å². The van der Waals surface area contributed by atoms with Gasteiger partial charge in [0.2, 0.25) is 0 Å². The summed E-state index contributed by atoms with van der Waals surface area (Å²) in [6.07, 6.45) is 3.07. The van der Waals surface area contributed by atoms with Gasteiger partial charge in [0.05, 0.1) is 21.7 Å². The van der Waals surface area contributed by atoms with Crippen LogP contribution < -0.4 is 5.43 Å². The van der Waals surface area contributed by atoms with Gasteiger partial charge < -0.3 is 9.67 Å². The molecule has 0 aliphatic rings. The van der Waals surface area contributed by atoms with Gasteiger partial charge in [-0.1, -0.05) is 34.1 Å². The molecular weight excluding hydrogens is 514 g/mol. The minimum atomic E-state index is -0.333. The van der Waals surface area contributed by atoms with Gasteiger partial charge in [0.15, 0.2) is 5.82 Å². The molecule has 0 fully saturated rings. The zero-order valence-electron chi connectivity index (χ0n) is 15.5. The van der Waals surface area contributed by atoms with E-state index in [1.165, 1.54) is 6.21 Å². The van der Waals surface area contributed by atoms with E-state index in [1.807, 2.05) is 42.5 Å². The number of para-hydroxylation sites is 2. The highest BCUT2D eigenvalue weighted by atomic mass is 79.9. The third-order valence-corrected chi connectivity index (χ3v) is 5.36. The summed E-state index contributed by atoms with van der Waals surface area (Å²) in [6.45, 7) is 0.0118. The number of hydrogen-bond donors (Lipinski definition) is 2. The SMILES string of the molecule is O=C(Cn1c(-c2ccccn2)nc2ccccc21)NN=Cc1cc(Br)cc(Br)c1O. The molecule has 30 heavy (non-hydrogen) atoms. The van der Waals surface area contributed by atoms with Crippen molar-refractivity contribution in [3.63, 3.8) is 0 Å². The molecule has 0 aliphatic heterocycles. The first-order chi connectivity index (χ1) is 14.5. The number of phenols is 1. The highest BCUT2D eigenvalue weighted by molar-refractivity contribution is 9.11. The van der Waals surface area contributed by atoms with Crippen molar-refractivity contribution in [3.05, 3.63) is 75.3 Å². The van der Waals surface area contributed by atoms with E-state index in [2.05, 4.69) is 52.4 Å². The molecule has 0 radical (unpaired) electrons. The molecule has 2 N–H and O–H groups in total. The van der Waals surface area contributed by atoms with Crippen LogP contribution >= 0.6 is 31.9 Å². The van der Waals surface area contributed by atoms with Crippen LogP contribution in [0.2, 0.25) is 0 Å². The Bertz CT molecular complexity index is 1260. The maximum atomic E-state index is 12.6. The topological polar surface area (TPSA) is 92.4 Å². The highest BCUT2D eigenvalue weighted by Crippen LogP contribution is 2.30. The number of nitrogens with zero attached hydrogens (tertiary/aromatic N) is 4. The lowest BCUT2D eigenvalue weighted by atomic mass is 10.2. The van der Waals surface area contributed by atoms with Gasteiger partial charge in [-0.15, -0.1) is 0 Å². The Morgan fingerprint density at radius 1 is 1.17 bits per heavy atom. The summed E-state index contributed by atoms with van der Waals surface area (Å²) in [6, 6.07) is 16.5. The van der Waals surface area contributed by atoms with E-state index >= 15 is 0 Å². The van der Waals surface area contributed by atoms with Crippen LogP contribution in [0.1, 0.15) is 5.56 Å². The highest BCUT2D eigenvalue weighted by Gasteiger charge is 2.15. The fourth-order valence-electron chi connectivity index (χ4n) is 2.96. The molecule has 4 aromatic rings. The third kappa shape index (κ3) is 4.27. The Labute approximate surface area is 188 Å². The number of rotatable bonds is 5. The number of benzene rings is 2. The molecule has 0 spiro atoms. The summed E-state index contributed by atoms with van der Waals surface area (Å²) >= 11 is 6.62. The first-order valence-corrected chi connectivity index (χ1v) is 10.5. The molecule has 0 aliphatic carbocycles. The van der Waals surface area contributed by atoms with Gasteiger partial charge in [-0.25, -0.2) is 10.4 Å². The number of halogens is 2. The van der Waals surface area contributed by atoms with E-state index < -0.39 is 0 Å². The van der Waals surface area contributed by atoms with Crippen LogP contribution in [0.4, 0.5) is 0 Å². The van der Waals surface area contributed by atoms with Gasteiger partial charge in [-0.05, 0) is 52.3 Å². The van der Waals surface area contributed by atoms with Crippen LogP contribution in [0, 0.1) is 0 Å². The van der Waals surface area contributed by atoms with E-state index in [1.54, 1.807) is 22.9 Å². The Morgan fingerprint density at radius 2 is 1.97 bits per heavy atom. The van der Waals surface area contributed by atoms with Gasteiger partial charge in [0, 0.05) is 16.2 Å². The number of amides is 1. The monoisotopic (exact) mass is 527 g/mol. The van der Waals surface area contributed by atoms with Gasteiger partial charge in [0.1, 0.15) is 18.0 Å². The van der Waals surface area contributed by atoms with Crippen molar-refractivity contribution >= 4 is 55.0 Å². The smallest absolute Gasteiger partial charge is 0.260 e. The van der Waals surface area contributed by atoms with Crippen LogP contribution in [-0.2, 0) is 11.3 Å². The number of phenolic OH excluding ortho intramolecular Hbond substituents is 1. The molecule has 7 nitrogen and oxygen atoms in total. The Kier molecular flexibility index (Phi) is 5.91. The van der Waals surface area contributed by atoms with Crippen LogP contribution in [0.3, 0.4) is 0 Å². The number of hydrogen-bond acceptors (Lipinski definition) is 5. The van der Waals surface area contributed by atoms with Crippen molar-refractivity contribution in [3.8, 4) is 17.3 Å². The molecule has 9 heteroatoms. The molecular formula is C21H15Br2N5O2. The van der Waals surface area contributed by atoms with E-state index in [0.29, 0.717) is 21.6 Å². The molecule has 0 saturated carbocycles. The minimum absolute atomic E-state index is 0.0118. The zero-order valence-corrected chi connectivity index (χ0v) is 18.6. The van der Waals surface area contributed by atoms with Gasteiger partial charge in [-0.3, -0.25) is 9.78 Å². The molecule has 0 bridgehead atoms. The second kappa shape index (κ2) is 8.76. The normalized spacial score (nSPS) is 11.3. The number of pyridine rings is 1. The molecule has 0 saturated heterocycles. The third-order valence-electron chi connectivity index (χ3n) is 4.30. The van der Waals surface area contributed by atoms with Crippen LogP contribution in [0.15, 0.2) is 74.8 Å². The second-order valence-electron chi connectivity index (χ2n) is 6.34. The number of aromatic nitrogens is 3.